The number of carboxylic acid groups (broad SMARTS) is 1. The molecule has 23 N–H and O–H groups in total. The van der Waals surface area contributed by atoms with Crippen LogP contribution < -0.4 is 81.8 Å². The Morgan fingerprint density at radius 3 is 1.09 bits per heavy atom. The van der Waals surface area contributed by atoms with Crippen LogP contribution in [0.15, 0.2) is 0 Å². The molecule has 0 spiro atoms. The van der Waals surface area contributed by atoms with Gasteiger partial charge in [0.05, 0.1) is 18.8 Å². The number of hydrogen-bond acceptors (Lipinski definition) is 18. The molecule has 32 heteroatoms. The Morgan fingerprint density at radius 1 is 0.380 bits per heavy atom. The Kier molecular flexibility index (Phi) is 32.3. The highest BCUT2D eigenvalue weighted by molar-refractivity contribution is 5.99. The van der Waals surface area contributed by atoms with E-state index in [9.17, 15) is 77.3 Å². The summed E-state index contributed by atoms with van der Waals surface area (Å²) in [5.74, 6) is -15.3. The van der Waals surface area contributed by atoms with Gasteiger partial charge in [0.1, 0.15) is 60.4 Å². The predicted octanol–water partition coefficient (Wildman–Crippen LogP) is -8.08. The van der Waals surface area contributed by atoms with Crippen LogP contribution in [0.2, 0.25) is 0 Å². The lowest BCUT2D eigenvalue weighted by atomic mass is 9.98. The Labute approximate surface area is 456 Å². The summed E-state index contributed by atoms with van der Waals surface area (Å²) in [7, 11) is 0. The highest BCUT2D eigenvalue weighted by Gasteiger charge is 2.38. The molecule has 13 amide bonds. The number of carbonyl (C=O) groups is 14. The Balaban J connectivity index is 6.17. The van der Waals surface area contributed by atoms with E-state index in [1.54, 1.807) is 0 Å². The van der Waals surface area contributed by atoms with Crippen molar-refractivity contribution in [2.45, 2.75) is 186 Å². The topological polar surface area (TPSA) is 550 Å². The van der Waals surface area contributed by atoms with E-state index < -0.39 is 199 Å². The third-order valence-corrected chi connectivity index (χ3v) is 11.8. The number of carbonyl (C=O) groups excluding carboxylic acids is 13. The van der Waals surface area contributed by atoms with Gasteiger partial charge in [-0.25, -0.2) is 0 Å². The van der Waals surface area contributed by atoms with Gasteiger partial charge in [-0.1, -0.05) is 27.7 Å². The molecule has 0 aliphatic carbocycles. The maximum atomic E-state index is 13.8. The Bertz CT molecular complexity index is 2160. The fourth-order valence-corrected chi connectivity index (χ4v) is 7.16. The van der Waals surface area contributed by atoms with Crippen LogP contribution in [0.1, 0.15) is 113 Å². The summed E-state index contributed by atoms with van der Waals surface area (Å²) in [6.45, 7) is 10.5. The van der Waals surface area contributed by atoms with Gasteiger partial charge in [0, 0.05) is 19.3 Å². The van der Waals surface area contributed by atoms with Crippen molar-refractivity contribution >= 4 is 82.8 Å². The van der Waals surface area contributed by atoms with Crippen molar-refractivity contribution in [2.24, 2.45) is 40.5 Å². The molecule has 0 unspecified atom stereocenters. The van der Waals surface area contributed by atoms with Crippen molar-refractivity contribution < 1.29 is 82.4 Å². The van der Waals surface area contributed by atoms with E-state index in [4.69, 9.17) is 33.8 Å². The smallest absolute Gasteiger partial charge is 0.303 e. The minimum atomic E-state index is -1.84. The molecule has 0 radical (unpaired) electrons. The maximum Gasteiger partial charge on any atom is 0.303 e. The number of aliphatic carboxylic acids is 1. The number of nitrogens with one attached hydrogen (secondary N) is 10. The van der Waals surface area contributed by atoms with Crippen molar-refractivity contribution in [1.29, 1.82) is 0 Å². The summed E-state index contributed by atoms with van der Waals surface area (Å²) in [5.41, 5.74) is 26.8. The zero-order chi connectivity index (χ0) is 61.0. The first-order valence-corrected chi connectivity index (χ1v) is 25.6. The largest absolute Gasteiger partial charge is 0.481 e. The molecule has 0 aromatic rings. The number of rotatable bonds is 38. The van der Waals surface area contributed by atoms with Crippen molar-refractivity contribution in [3.05, 3.63) is 0 Å². The average molecular weight is 1130 g/mol. The first-order valence-electron chi connectivity index (χ1n) is 25.6. The molecule has 0 fully saturated rings. The quantitative estimate of drug-likeness (QED) is 0.0255. The van der Waals surface area contributed by atoms with E-state index in [2.05, 4.69) is 53.2 Å². The molecule has 0 aliphatic rings. The van der Waals surface area contributed by atoms with Crippen molar-refractivity contribution in [2.75, 3.05) is 13.1 Å². The van der Waals surface area contributed by atoms with Crippen molar-refractivity contribution in [3.63, 3.8) is 0 Å². The van der Waals surface area contributed by atoms with Gasteiger partial charge < -0.3 is 97.2 Å². The van der Waals surface area contributed by atoms with Crippen LogP contribution in [0.5, 0.6) is 0 Å². The van der Waals surface area contributed by atoms with E-state index in [0.29, 0.717) is 19.4 Å². The third kappa shape index (κ3) is 27.0. The molecular formula is C47H83N15O17. The van der Waals surface area contributed by atoms with Crippen LogP contribution >= 0.6 is 0 Å². The number of aliphatic hydroxyl groups excluding tert-OH is 2. The van der Waals surface area contributed by atoms with Crippen LogP contribution in [0.4, 0.5) is 0 Å². The molecule has 0 aromatic heterocycles. The molecule has 32 nitrogen and oxygen atoms in total. The van der Waals surface area contributed by atoms with Crippen LogP contribution in [-0.2, 0) is 67.1 Å². The normalized spacial score (nSPS) is 15.7. The van der Waals surface area contributed by atoms with E-state index in [0.717, 1.165) is 13.8 Å². The number of unbranched alkanes of at least 4 members (excludes halogenated alkanes) is 1. The van der Waals surface area contributed by atoms with Gasteiger partial charge in [-0.15, -0.1) is 0 Å². The second-order valence-corrected chi connectivity index (χ2v) is 19.5. The van der Waals surface area contributed by atoms with Crippen LogP contribution in [0, 0.1) is 11.8 Å². The number of nitrogens with two attached hydrogens (primary N) is 5. The minimum absolute atomic E-state index is 0.132. The van der Waals surface area contributed by atoms with Crippen LogP contribution in [-0.4, -0.2) is 184 Å². The molecule has 0 heterocycles. The molecule has 448 valence electrons. The zero-order valence-electron chi connectivity index (χ0n) is 45.8. The fourth-order valence-electron chi connectivity index (χ4n) is 7.16. The molecule has 12 atom stereocenters. The summed E-state index contributed by atoms with van der Waals surface area (Å²) in [6.07, 6.45) is -4.85. The lowest BCUT2D eigenvalue weighted by molar-refractivity contribution is -0.139. The number of aliphatic hydroxyl groups is 2. The first-order chi connectivity index (χ1) is 36.7. The summed E-state index contributed by atoms with van der Waals surface area (Å²) >= 11 is 0. The first kappa shape index (κ1) is 71.4. The summed E-state index contributed by atoms with van der Waals surface area (Å²) < 4.78 is 0. The van der Waals surface area contributed by atoms with E-state index in [1.807, 2.05) is 0 Å². The lowest BCUT2D eigenvalue weighted by Gasteiger charge is -2.30. The van der Waals surface area contributed by atoms with Gasteiger partial charge >= 0.3 is 5.97 Å². The van der Waals surface area contributed by atoms with Crippen molar-refractivity contribution in [3.8, 4) is 0 Å². The highest BCUT2D eigenvalue weighted by Crippen LogP contribution is 2.11. The highest BCUT2D eigenvalue weighted by atomic mass is 16.4. The Morgan fingerprint density at radius 2 is 0.709 bits per heavy atom. The molecule has 0 aliphatic heterocycles. The second-order valence-electron chi connectivity index (χ2n) is 19.5. The molecule has 0 saturated heterocycles. The zero-order valence-corrected chi connectivity index (χ0v) is 45.8. The summed E-state index contributed by atoms with van der Waals surface area (Å²) in [6, 6.07) is -15.1. The standard InChI is InChI=1S/C47H83N15O17/c1-20(2)34(59-45(77)35(21(3)4)60-47(79)37(25(8)64)62-43(75)29(13-16-31(51)66)58-41(73)27(14-17-33(68)69)55-32(67)19-49)44(76)53-23(6)40(72)61-36(24(7)63)46(78)54-22(5)39(71)57-28(12-15-30(50)65)42(74)56-26(38(52)70)11-9-10-18-48/h20-29,34-37,63-64H,9-19,48-49H2,1-8H3,(H2,50,65)(H2,51,66)(H2,52,70)(H,53,76)(H,54,78)(H,55,67)(H,56,74)(H,57,71)(H,58,73)(H,59,77)(H,60,79)(H,61,72)(H,62,75)(H,68,69)/t22-,23-,24+,25+,26-,27-,28-,29-,34-,35-,36-,37-/m0/s1. The molecule has 0 bridgehead atoms. The fraction of sp³-hybridized carbons (Fsp3) is 0.702. The Hall–Kier alpha value is -7.58. The molecule has 79 heavy (non-hydrogen) atoms. The second kappa shape index (κ2) is 35.8. The number of hydrogen-bond donors (Lipinski definition) is 18. The molecule has 0 aromatic carbocycles. The van der Waals surface area contributed by atoms with Gasteiger partial charge in [0.15, 0.2) is 0 Å². The van der Waals surface area contributed by atoms with Gasteiger partial charge in [-0.05, 0) is 84.6 Å². The van der Waals surface area contributed by atoms with Crippen LogP contribution in [0.3, 0.4) is 0 Å². The molecular weight excluding hydrogens is 1050 g/mol. The van der Waals surface area contributed by atoms with Gasteiger partial charge in [0.25, 0.3) is 0 Å². The lowest BCUT2D eigenvalue weighted by Crippen LogP contribution is -2.63. The monoisotopic (exact) mass is 1130 g/mol. The summed E-state index contributed by atoms with van der Waals surface area (Å²) in [4.78, 5) is 180. The number of primary amides is 3. The third-order valence-electron chi connectivity index (χ3n) is 11.8. The average Bonchev–Trinajstić information content (AvgIpc) is 3.35. The van der Waals surface area contributed by atoms with E-state index >= 15 is 0 Å². The molecule has 0 rings (SSSR count). The van der Waals surface area contributed by atoms with E-state index in [1.165, 1.54) is 41.5 Å². The van der Waals surface area contributed by atoms with Gasteiger partial charge in [0.2, 0.25) is 76.8 Å². The predicted molar refractivity (Wildman–Crippen MR) is 279 cm³/mol. The van der Waals surface area contributed by atoms with E-state index in [-0.39, 0.29) is 19.3 Å². The van der Waals surface area contributed by atoms with Crippen LogP contribution in [0.25, 0.3) is 0 Å². The minimum Gasteiger partial charge on any atom is -0.481 e. The maximum absolute atomic E-state index is 13.8. The van der Waals surface area contributed by atoms with Gasteiger partial charge in [-0.3, -0.25) is 67.1 Å². The number of carboxylic acids is 1. The summed E-state index contributed by atoms with van der Waals surface area (Å²) in [5, 5.41) is 53.8. The van der Waals surface area contributed by atoms with Gasteiger partial charge in [-0.2, -0.15) is 0 Å². The number of amides is 13. The molecule has 0 saturated carbocycles. The van der Waals surface area contributed by atoms with Crippen molar-refractivity contribution in [1.82, 2.24) is 53.2 Å². The SMILES string of the molecule is CC(C)[C@H](NC(=O)[C@@H](NC(=O)[C@@H](NC(=O)[C@H](CCC(N)=O)NC(=O)[C@H](CCC(=O)O)NC(=O)CN)[C@@H](C)O)C(C)C)C(=O)N[C@@H](C)C(=O)N[C@H](C(=O)N[C@@H](C)C(=O)N[C@@H](CCC(N)=O)C(=O)N[C@@H](CCCCN)C(N)=O)[C@@H](C)O.